The molecule has 0 amide bonds. The predicted molar refractivity (Wildman–Crippen MR) is 151 cm³/mol. The van der Waals surface area contributed by atoms with Crippen LogP contribution in [0.4, 0.5) is 17.1 Å². The van der Waals surface area contributed by atoms with Crippen LogP contribution in [-0.2, 0) is 17.1 Å². The Balaban J connectivity index is 1.54. The van der Waals surface area contributed by atoms with Crippen molar-refractivity contribution in [1.29, 1.82) is 0 Å². The van der Waals surface area contributed by atoms with Crippen LogP contribution in [0.5, 0.6) is 5.75 Å². The monoisotopic (exact) mass is 557 g/mol. The molecule has 0 bridgehead atoms. The molecule has 1 aromatic heterocycles. The number of hydrogen-bond acceptors (Lipinski definition) is 5. The summed E-state index contributed by atoms with van der Waals surface area (Å²) in [5, 5.41) is 6.57. The smallest absolute Gasteiger partial charge is 0.295 e. The maximum Gasteiger partial charge on any atom is 0.295 e. The van der Waals surface area contributed by atoms with Gasteiger partial charge in [0, 0.05) is 23.8 Å². The summed E-state index contributed by atoms with van der Waals surface area (Å²) in [4.78, 5) is 13.1. The van der Waals surface area contributed by atoms with Gasteiger partial charge in [-0.05, 0) is 67.7 Å². The van der Waals surface area contributed by atoms with Crippen LogP contribution in [0.3, 0.4) is 0 Å². The van der Waals surface area contributed by atoms with Gasteiger partial charge in [-0.2, -0.15) is 0 Å². The first-order valence-corrected chi connectivity index (χ1v) is 13.3. The summed E-state index contributed by atoms with van der Waals surface area (Å²) in [6.45, 7) is 1.81. The second-order valence-electron chi connectivity index (χ2n) is 7.99. The zero-order valence-corrected chi connectivity index (χ0v) is 22.5. The molecule has 12 heteroatoms. The minimum atomic E-state index is -3.89. The Hall–Kier alpha value is -3.80. The van der Waals surface area contributed by atoms with Crippen molar-refractivity contribution in [3.8, 4) is 11.4 Å². The van der Waals surface area contributed by atoms with Crippen molar-refractivity contribution in [3.05, 3.63) is 93.9 Å². The van der Waals surface area contributed by atoms with E-state index < -0.39 is 10.0 Å². The molecule has 0 spiro atoms. The number of anilines is 3. The highest BCUT2D eigenvalue weighted by Gasteiger charge is 2.19. The van der Waals surface area contributed by atoms with E-state index in [1.54, 1.807) is 42.9 Å². The lowest BCUT2D eigenvalue weighted by molar-refractivity contribution is 0.415. The lowest BCUT2D eigenvalue weighted by atomic mass is 10.3. The summed E-state index contributed by atoms with van der Waals surface area (Å²) < 4.78 is 36.9. The van der Waals surface area contributed by atoms with E-state index in [1.807, 2.05) is 30.3 Å². The molecule has 3 aromatic carbocycles. The molecule has 37 heavy (non-hydrogen) atoms. The number of nitrogens with one attached hydrogen (secondary N) is 3. The van der Waals surface area contributed by atoms with Crippen molar-refractivity contribution in [2.24, 2.45) is 7.05 Å². The summed E-state index contributed by atoms with van der Waals surface area (Å²) in [6.07, 6.45) is 0. The second-order valence-corrected chi connectivity index (χ2v) is 10.5. The summed E-state index contributed by atoms with van der Waals surface area (Å²) in [7, 11) is -0.688. The van der Waals surface area contributed by atoms with Gasteiger partial charge in [-0.25, -0.2) is 13.1 Å². The van der Waals surface area contributed by atoms with E-state index in [9.17, 15) is 13.2 Å². The second kappa shape index (κ2) is 10.7. The van der Waals surface area contributed by atoms with Gasteiger partial charge in [0.2, 0.25) is 0 Å². The predicted octanol–water partition coefficient (Wildman–Crippen LogP) is 4.76. The first kappa shape index (κ1) is 26.3. The molecule has 0 aliphatic heterocycles. The van der Waals surface area contributed by atoms with Gasteiger partial charge in [-0.3, -0.25) is 14.2 Å². The van der Waals surface area contributed by atoms with Gasteiger partial charge in [0.25, 0.3) is 15.6 Å². The lowest BCUT2D eigenvalue weighted by Gasteiger charge is -2.15. The SMILES string of the molecule is COc1cc(S(=O)(=O)Nc2ccc(Cl)cc2)ccc1NC(=S)Nc1c(C)n(C)n(-c2ccccc2)c1=O. The standard InChI is InChI=1S/C25H24ClN5O4S2/c1-16-23(24(32)31(30(16)2)19-7-5-4-6-8-19)28-25(36)27-21-14-13-20(15-22(21)35-3)37(33,34)29-18-11-9-17(26)10-12-18/h4-15,29H,1-3H3,(H2,27,28,36). The molecule has 0 aliphatic rings. The van der Waals surface area contributed by atoms with Crippen molar-refractivity contribution in [3.63, 3.8) is 0 Å². The molecule has 0 saturated carbocycles. The Kier molecular flexibility index (Phi) is 7.58. The number of para-hydroxylation sites is 1. The Bertz CT molecular complexity index is 1620. The number of ether oxygens (including phenoxy) is 1. The van der Waals surface area contributed by atoms with Crippen LogP contribution >= 0.6 is 23.8 Å². The fraction of sp³-hybridized carbons (Fsp3) is 0.120. The van der Waals surface area contributed by atoms with Crippen LogP contribution < -0.4 is 25.7 Å². The summed E-state index contributed by atoms with van der Waals surface area (Å²) in [6, 6.07) is 19.9. The first-order chi connectivity index (χ1) is 17.6. The number of nitrogens with zero attached hydrogens (tertiary/aromatic N) is 2. The van der Waals surface area contributed by atoms with Crippen molar-refractivity contribution in [1.82, 2.24) is 9.36 Å². The average Bonchev–Trinajstić information content (AvgIpc) is 3.08. The largest absolute Gasteiger partial charge is 0.495 e. The van der Waals surface area contributed by atoms with Gasteiger partial charge in [-0.15, -0.1) is 0 Å². The van der Waals surface area contributed by atoms with Gasteiger partial charge < -0.3 is 15.4 Å². The third-order valence-electron chi connectivity index (χ3n) is 5.62. The molecule has 1 heterocycles. The lowest BCUT2D eigenvalue weighted by Crippen LogP contribution is -2.25. The van der Waals surface area contributed by atoms with E-state index in [1.165, 1.54) is 30.0 Å². The minimum absolute atomic E-state index is 0.00613. The van der Waals surface area contributed by atoms with E-state index in [-0.39, 0.29) is 21.3 Å². The summed E-state index contributed by atoms with van der Waals surface area (Å²) in [5.74, 6) is 0.245. The number of benzene rings is 3. The number of rotatable bonds is 7. The molecule has 0 radical (unpaired) electrons. The van der Waals surface area contributed by atoms with Gasteiger partial charge in [0.05, 0.1) is 29.1 Å². The van der Waals surface area contributed by atoms with Crippen LogP contribution in [0.25, 0.3) is 5.69 Å². The number of hydrogen-bond donors (Lipinski definition) is 3. The van der Waals surface area contributed by atoms with Crippen LogP contribution in [-0.4, -0.2) is 30.0 Å². The molecule has 0 unspecified atom stereocenters. The number of halogens is 1. The van der Waals surface area contributed by atoms with Crippen molar-refractivity contribution in [2.75, 3.05) is 22.5 Å². The number of methoxy groups -OCH3 is 1. The third-order valence-corrected chi connectivity index (χ3v) is 7.46. The fourth-order valence-electron chi connectivity index (χ4n) is 3.65. The Labute approximate surface area is 224 Å². The van der Waals surface area contributed by atoms with E-state index in [2.05, 4.69) is 15.4 Å². The third kappa shape index (κ3) is 5.63. The Morgan fingerprint density at radius 2 is 1.68 bits per heavy atom. The van der Waals surface area contributed by atoms with E-state index >= 15 is 0 Å². The van der Waals surface area contributed by atoms with Crippen molar-refractivity contribution < 1.29 is 13.2 Å². The molecule has 0 fully saturated rings. The zero-order valence-electron chi connectivity index (χ0n) is 20.2. The fourth-order valence-corrected chi connectivity index (χ4v) is 5.06. The summed E-state index contributed by atoms with van der Waals surface area (Å²) in [5.41, 5.74) is 2.24. The maximum atomic E-state index is 13.1. The highest BCUT2D eigenvalue weighted by Crippen LogP contribution is 2.29. The van der Waals surface area contributed by atoms with Gasteiger partial charge >= 0.3 is 0 Å². The van der Waals surface area contributed by atoms with Crippen molar-refractivity contribution in [2.45, 2.75) is 11.8 Å². The highest BCUT2D eigenvalue weighted by molar-refractivity contribution is 7.92. The quantitative estimate of drug-likeness (QED) is 0.281. The number of thiocarbonyl (C=S) groups is 1. The molecule has 0 atom stereocenters. The summed E-state index contributed by atoms with van der Waals surface area (Å²) >= 11 is 11.3. The molecular weight excluding hydrogens is 534 g/mol. The van der Waals surface area contributed by atoms with Crippen LogP contribution in [0.1, 0.15) is 5.69 Å². The van der Waals surface area contributed by atoms with E-state index in [0.29, 0.717) is 27.8 Å². The van der Waals surface area contributed by atoms with Crippen molar-refractivity contribution >= 4 is 56.0 Å². The van der Waals surface area contributed by atoms with Crippen LogP contribution in [0.15, 0.2) is 82.5 Å². The molecule has 192 valence electrons. The average molecular weight is 558 g/mol. The molecular formula is C25H24ClN5O4S2. The van der Waals surface area contributed by atoms with Gasteiger partial charge in [-0.1, -0.05) is 29.8 Å². The zero-order chi connectivity index (χ0) is 26.7. The van der Waals surface area contributed by atoms with Gasteiger partial charge in [0.15, 0.2) is 5.11 Å². The maximum absolute atomic E-state index is 13.1. The highest BCUT2D eigenvalue weighted by atomic mass is 35.5. The normalized spacial score (nSPS) is 11.1. The van der Waals surface area contributed by atoms with Gasteiger partial charge in [0.1, 0.15) is 11.4 Å². The first-order valence-electron chi connectivity index (χ1n) is 11.0. The van der Waals surface area contributed by atoms with E-state index in [0.717, 1.165) is 5.69 Å². The molecule has 4 rings (SSSR count). The molecule has 0 aliphatic carbocycles. The molecule has 4 aromatic rings. The topological polar surface area (TPSA) is 106 Å². The Morgan fingerprint density at radius 1 is 1.00 bits per heavy atom. The van der Waals surface area contributed by atoms with Crippen LogP contribution in [0.2, 0.25) is 5.02 Å². The molecule has 0 saturated heterocycles. The van der Waals surface area contributed by atoms with Crippen LogP contribution in [0, 0.1) is 6.92 Å². The number of sulfonamides is 1. The Morgan fingerprint density at radius 3 is 2.32 bits per heavy atom. The minimum Gasteiger partial charge on any atom is -0.495 e. The van der Waals surface area contributed by atoms with E-state index in [4.69, 9.17) is 28.6 Å². The molecule has 3 N–H and O–H groups in total. The molecule has 9 nitrogen and oxygen atoms in total. The number of aromatic nitrogens is 2.